The van der Waals surface area contributed by atoms with E-state index in [-0.39, 0.29) is 5.91 Å². The number of fused-ring (bicyclic) bond motifs is 1. The summed E-state index contributed by atoms with van der Waals surface area (Å²) in [5.74, 6) is -0.0963. The number of nitrogens with one attached hydrogen (secondary N) is 2. The van der Waals surface area contributed by atoms with Gasteiger partial charge in [0.2, 0.25) is 5.91 Å². The molecule has 0 spiro atoms. The molecular weight excluding hydrogens is 320 g/mol. The lowest BCUT2D eigenvalue weighted by molar-refractivity contribution is -0.114. The topological polar surface area (TPSA) is 70.7 Å². The lowest BCUT2D eigenvalue weighted by Crippen LogP contribution is -2.05. The SMILES string of the molecule is CC(=O)Nc1cccc(-c2[nH]nc3ncc(Br)cc23)c1. The number of pyridine rings is 1. The molecule has 0 fully saturated rings. The monoisotopic (exact) mass is 330 g/mol. The molecule has 3 aromatic rings. The number of amides is 1. The van der Waals surface area contributed by atoms with Crippen molar-refractivity contribution in [2.24, 2.45) is 0 Å². The van der Waals surface area contributed by atoms with Crippen molar-refractivity contribution >= 4 is 38.6 Å². The first-order valence-corrected chi connectivity index (χ1v) is 6.80. The number of aromatic nitrogens is 3. The molecule has 6 heteroatoms. The number of nitrogens with zero attached hydrogens (tertiary/aromatic N) is 2. The Kier molecular flexibility index (Phi) is 3.23. The third-order valence-electron chi connectivity index (χ3n) is 2.85. The molecule has 0 unspecified atom stereocenters. The Labute approximate surface area is 123 Å². The first-order valence-electron chi connectivity index (χ1n) is 6.01. The highest BCUT2D eigenvalue weighted by atomic mass is 79.9. The van der Waals surface area contributed by atoms with E-state index in [0.717, 1.165) is 26.8 Å². The van der Waals surface area contributed by atoms with Crippen molar-refractivity contribution in [2.75, 3.05) is 5.32 Å². The average Bonchev–Trinajstić information content (AvgIpc) is 2.81. The maximum atomic E-state index is 11.1. The van der Waals surface area contributed by atoms with Crippen LogP contribution < -0.4 is 5.32 Å². The van der Waals surface area contributed by atoms with Crippen LogP contribution in [-0.4, -0.2) is 21.1 Å². The van der Waals surface area contributed by atoms with Crippen molar-refractivity contribution in [2.45, 2.75) is 6.92 Å². The second kappa shape index (κ2) is 5.05. The molecule has 0 bridgehead atoms. The van der Waals surface area contributed by atoms with Crippen LogP contribution in [0.5, 0.6) is 0 Å². The predicted molar refractivity (Wildman–Crippen MR) is 81.3 cm³/mol. The molecule has 100 valence electrons. The molecular formula is C14H11BrN4O. The van der Waals surface area contributed by atoms with Gasteiger partial charge in [0, 0.05) is 34.2 Å². The first kappa shape index (κ1) is 12.8. The summed E-state index contributed by atoms with van der Waals surface area (Å²) in [6.07, 6.45) is 1.71. The minimum atomic E-state index is -0.0963. The first-order chi connectivity index (χ1) is 9.63. The number of carbonyl (C=O) groups is 1. The molecule has 0 aliphatic carbocycles. The summed E-state index contributed by atoms with van der Waals surface area (Å²) in [5.41, 5.74) is 3.23. The highest BCUT2D eigenvalue weighted by Gasteiger charge is 2.09. The molecule has 2 aromatic heterocycles. The minimum absolute atomic E-state index is 0.0963. The lowest BCUT2D eigenvalue weighted by atomic mass is 10.1. The highest BCUT2D eigenvalue weighted by Crippen LogP contribution is 2.28. The van der Waals surface area contributed by atoms with E-state index in [9.17, 15) is 4.79 Å². The number of halogens is 1. The number of hydrogen-bond acceptors (Lipinski definition) is 3. The van der Waals surface area contributed by atoms with Crippen LogP contribution in [0.2, 0.25) is 0 Å². The van der Waals surface area contributed by atoms with E-state index in [0.29, 0.717) is 5.65 Å². The van der Waals surface area contributed by atoms with E-state index in [1.54, 1.807) is 6.20 Å². The predicted octanol–water partition coefficient (Wildman–Crippen LogP) is 3.35. The van der Waals surface area contributed by atoms with Gasteiger partial charge in [0.25, 0.3) is 0 Å². The fourth-order valence-electron chi connectivity index (χ4n) is 2.05. The molecule has 5 nitrogen and oxygen atoms in total. The van der Waals surface area contributed by atoms with E-state index >= 15 is 0 Å². The Morgan fingerprint density at radius 2 is 2.20 bits per heavy atom. The van der Waals surface area contributed by atoms with Gasteiger partial charge < -0.3 is 5.32 Å². The summed E-state index contributed by atoms with van der Waals surface area (Å²) in [4.78, 5) is 15.4. The molecule has 3 rings (SSSR count). The molecule has 1 aromatic carbocycles. The van der Waals surface area contributed by atoms with Gasteiger partial charge in [0.1, 0.15) is 0 Å². The normalized spacial score (nSPS) is 10.7. The van der Waals surface area contributed by atoms with Gasteiger partial charge in [-0.05, 0) is 34.1 Å². The van der Waals surface area contributed by atoms with Crippen molar-refractivity contribution in [1.82, 2.24) is 15.2 Å². The van der Waals surface area contributed by atoms with E-state index < -0.39 is 0 Å². The number of hydrogen-bond donors (Lipinski definition) is 2. The third-order valence-corrected chi connectivity index (χ3v) is 3.28. The maximum Gasteiger partial charge on any atom is 0.221 e. The van der Waals surface area contributed by atoms with Gasteiger partial charge in [0.05, 0.1) is 5.69 Å². The van der Waals surface area contributed by atoms with E-state index in [2.05, 4.69) is 36.4 Å². The lowest BCUT2D eigenvalue weighted by Gasteiger charge is -2.04. The number of aromatic amines is 1. The molecule has 2 heterocycles. The zero-order chi connectivity index (χ0) is 14.1. The Morgan fingerprint density at radius 1 is 1.35 bits per heavy atom. The molecule has 0 aliphatic rings. The molecule has 0 atom stereocenters. The molecule has 0 saturated heterocycles. The number of benzene rings is 1. The quantitative estimate of drug-likeness (QED) is 0.756. The van der Waals surface area contributed by atoms with Crippen LogP contribution >= 0.6 is 15.9 Å². The molecule has 2 N–H and O–H groups in total. The van der Waals surface area contributed by atoms with Gasteiger partial charge in [0.15, 0.2) is 5.65 Å². The van der Waals surface area contributed by atoms with Crippen LogP contribution in [0.3, 0.4) is 0 Å². The largest absolute Gasteiger partial charge is 0.326 e. The van der Waals surface area contributed by atoms with Crippen LogP contribution in [0, 0.1) is 0 Å². The van der Waals surface area contributed by atoms with Crippen LogP contribution in [-0.2, 0) is 4.79 Å². The zero-order valence-electron chi connectivity index (χ0n) is 10.6. The molecule has 1 amide bonds. The summed E-state index contributed by atoms with van der Waals surface area (Å²) in [5, 5.41) is 10.9. The number of carbonyl (C=O) groups excluding carboxylic acids is 1. The second-order valence-electron chi connectivity index (χ2n) is 4.39. The van der Waals surface area contributed by atoms with Gasteiger partial charge in [-0.1, -0.05) is 12.1 Å². The summed E-state index contributed by atoms with van der Waals surface area (Å²) in [7, 11) is 0. The van der Waals surface area contributed by atoms with Gasteiger partial charge in [-0.15, -0.1) is 0 Å². The van der Waals surface area contributed by atoms with Crippen LogP contribution in [0.15, 0.2) is 41.0 Å². The third kappa shape index (κ3) is 2.42. The summed E-state index contributed by atoms with van der Waals surface area (Å²) in [6.45, 7) is 1.49. The standard InChI is InChI=1S/C14H11BrN4O/c1-8(20)17-11-4-2-3-9(5-11)13-12-6-10(15)7-16-14(12)19-18-13/h2-7H,1H3,(H,17,20)(H,16,18,19). The van der Waals surface area contributed by atoms with Crippen molar-refractivity contribution in [3.05, 3.63) is 41.0 Å². The van der Waals surface area contributed by atoms with E-state index in [1.807, 2.05) is 30.3 Å². The Hall–Kier alpha value is -2.21. The zero-order valence-corrected chi connectivity index (χ0v) is 12.2. The minimum Gasteiger partial charge on any atom is -0.326 e. The van der Waals surface area contributed by atoms with Gasteiger partial charge >= 0.3 is 0 Å². The van der Waals surface area contributed by atoms with Gasteiger partial charge in [-0.25, -0.2) is 4.98 Å². The fourth-order valence-corrected chi connectivity index (χ4v) is 2.38. The Balaban J connectivity index is 2.11. The van der Waals surface area contributed by atoms with Crippen molar-refractivity contribution in [1.29, 1.82) is 0 Å². The van der Waals surface area contributed by atoms with Crippen LogP contribution in [0.1, 0.15) is 6.92 Å². The highest BCUT2D eigenvalue weighted by molar-refractivity contribution is 9.10. The summed E-state index contributed by atoms with van der Waals surface area (Å²) in [6, 6.07) is 9.55. The van der Waals surface area contributed by atoms with Crippen LogP contribution in [0.25, 0.3) is 22.3 Å². The van der Waals surface area contributed by atoms with Gasteiger partial charge in [-0.2, -0.15) is 5.10 Å². The number of H-pyrrole nitrogens is 1. The van der Waals surface area contributed by atoms with E-state index in [1.165, 1.54) is 6.92 Å². The fraction of sp³-hybridized carbons (Fsp3) is 0.0714. The van der Waals surface area contributed by atoms with Crippen LogP contribution in [0.4, 0.5) is 5.69 Å². The summed E-state index contributed by atoms with van der Waals surface area (Å²) >= 11 is 3.41. The molecule has 0 saturated carbocycles. The second-order valence-corrected chi connectivity index (χ2v) is 5.30. The average molecular weight is 331 g/mol. The smallest absolute Gasteiger partial charge is 0.221 e. The number of anilines is 1. The van der Waals surface area contributed by atoms with E-state index in [4.69, 9.17) is 0 Å². The van der Waals surface area contributed by atoms with Crippen molar-refractivity contribution < 1.29 is 4.79 Å². The maximum absolute atomic E-state index is 11.1. The number of rotatable bonds is 2. The molecule has 0 aliphatic heterocycles. The van der Waals surface area contributed by atoms with Crippen molar-refractivity contribution in [3.8, 4) is 11.3 Å². The Morgan fingerprint density at radius 3 is 3.00 bits per heavy atom. The molecule has 0 radical (unpaired) electrons. The summed E-state index contributed by atoms with van der Waals surface area (Å²) < 4.78 is 0.894. The van der Waals surface area contributed by atoms with Crippen molar-refractivity contribution in [3.63, 3.8) is 0 Å². The molecule has 20 heavy (non-hydrogen) atoms. The van der Waals surface area contributed by atoms with Gasteiger partial charge in [-0.3, -0.25) is 9.89 Å². The Bertz CT molecular complexity index is 797.